The molecule has 1 fully saturated rings. The topological polar surface area (TPSA) is 83.8 Å². The van der Waals surface area contributed by atoms with E-state index >= 15 is 0 Å². The van der Waals surface area contributed by atoms with Crippen LogP contribution in [0.2, 0.25) is 0 Å². The van der Waals surface area contributed by atoms with E-state index in [1.807, 2.05) is 18.2 Å². The lowest BCUT2D eigenvalue weighted by molar-refractivity contribution is 0.0929. The van der Waals surface area contributed by atoms with Gasteiger partial charge in [0.2, 0.25) is 0 Å². The number of hydrogen-bond acceptors (Lipinski definition) is 3. The fraction of sp³-hybridized carbons (Fsp3) is 0.429. The normalized spacial score (nSPS) is 22.8. The van der Waals surface area contributed by atoms with Crippen molar-refractivity contribution in [3.63, 3.8) is 0 Å². The Morgan fingerprint density at radius 2 is 2.37 bits per heavy atom. The first-order valence-electron chi connectivity index (χ1n) is 6.72. The highest BCUT2D eigenvalue weighted by molar-refractivity contribution is 5.97. The minimum atomic E-state index is -0.0261. The highest BCUT2D eigenvalue weighted by atomic mass is 16.1. The molecule has 1 aliphatic rings. The van der Waals surface area contributed by atoms with E-state index in [4.69, 9.17) is 5.73 Å². The molecule has 2 aromatic rings. The minimum Gasteiger partial charge on any atom is -0.349 e. The third-order valence-electron chi connectivity index (χ3n) is 3.98. The van der Waals surface area contributed by atoms with Gasteiger partial charge in [-0.05, 0) is 37.4 Å². The number of fused-ring (bicyclic) bond motifs is 1. The summed E-state index contributed by atoms with van der Waals surface area (Å²) in [7, 11) is 0. The second-order valence-corrected chi connectivity index (χ2v) is 5.18. The molecule has 2 atom stereocenters. The van der Waals surface area contributed by atoms with Gasteiger partial charge in [0.25, 0.3) is 5.91 Å². The zero-order valence-corrected chi connectivity index (χ0v) is 10.7. The van der Waals surface area contributed by atoms with Crippen LogP contribution in [-0.4, -0.2) is 28.7 Å². The molecular formula is C14H18N4O. The van der Waals surface area contributed by atoms with Crippen LogP contribution in [0, 0.1) is 5.92 Å². The summed E-state index contributed by atoms with van der Waals surface area (Å²) in [5.74, 6) is 0.390. The van der Waals surface area contributed by atoms with Gasteiger partial charge < -0.3 is 11.1 Å². The van der Waals surface area contributed by atoms with Gasteiger partial charge in [0.15, 0.2) is 0 Å². The number of hydrogen-bond donors (Lipinski definition) is 3. The van der Waals surface area contributed by atoms with Crippen molar-refractivity contribution in [2.75, 3.05) is 6.54 Å². The number of benzene rings is 1. The largest absolute Gasteiger partial charge is 0.349 e. The molecule has 1 amide bonds. The number of carbonyl (C=O) groups is 1. The van der Waals surface area contributed by atoms with Crippen LogP contribution >= 0.6 is 0 Å². The summed E-state index contributed by atoms with van der Waals surface area (Å²) in [4.78, 5) is 12.2. The number of nitrogens with one attached hydrogen (secondary N) is 2. The number of aromatic nitrogens is 2. The summed E-state index contributed by atoms with van der Waals surface area (Å²) in [6.07, 6.45) is 5.03. The first-order valence-corrected chi connectivity index (χ1v) is 6.72. The van der Waals surface area contributed by atoms with Crippen molar-refractivity contribution in [2.45, 2.75) is 25.3 Å². The van der Waals surface area contributed by atoms with E-state index in [-0.39, 0.29) is 11.9 Å². The number of rotatable bonds is 3. The lowest BCUT2D eigenvalue weighted by atomic mass is 10.0. The van der Waals surface area contributed by atoms with Crippen molar-refractivity contribution in [2.24, 2.45) is 11.7 Å². The van der Waals surface area contributed by atoms with Gasteiger partial charge in [0.1, 0.15) is 0 Å². The number of carbonyl (C=O) groups excluding carboxylic acids is 1. The van der Waals surface area contributed by atoms with E-state index in [0.29, 0.717) is 18.0 Å². The molecule has 4 N–H and O–H groups in total. The maximum atomic E-state index is 12.2. The molecule has 19 heavy (non-hydrogen) atoms. The molecule has 1 heterocycles. The lowest BCUT2D eigenvalue weighted by Gasteiger charge is -2.19. The molecule has 0 radical (unpaired) electrons. The first-order chi connectivity index (χ1) is 9.28. The lowest BCUT2D eigenvalue weighted by Crippen LogP contribution is -2.39. The number of nitrogens with zero attached hydrogens (tertiary/aromatic N) is 1. The van der Waals surface area contributed by atoms with Crippen LogP contribution in [-0.2, 0) is 0 Å². The molecule has 3 rings (SSSR count). The molecule has 0 aliphatic heterocycles. The van der Waals surface area contributed by atoms with Crippen LogP contribution < -0.4 is 11.1 Å². The molecular weight excluding hydrogens is 240 g/mol. The van der Waals surface area contributed by atoms with Crippen LogP contribution in [0.1, 0.15) is 29.6 Å². The molecule has 5 heteroatoms. The summed E-state index contributed by atoms with van der Waals surface area (Å²) in [6.45, 7) is 0.643. The van der Waals surface area contributed by atoms with Crippen LogP contribution in [0.5, 0.6) is 0 Å². The maximum Gasteiger partial charge on any atom is 0.251 e. The van der Waals surface area contributed by atoms with E-state index in [1.54, 1.807) is 6.20 Å². The number of nitrogens with two attached hydrogens (primary N) is 1. The Bertz CT molecular complexity index is 592. The van der Waals surface area contributed by atoms with Crippen LogP contribution in [0.3, 0.4) is 0 Å². The summed E-state index contributed by atoms with van der Waals surface area (Å²) in [5, 5.41) is 10.9. The van der Waals surface area contributed by atoms with E-state index in [2.05, 4.69) is 15.5 Å². The quantitative estimate of drug-likeness (QED) is 0.778. The highest BCUT2D eigenvalue weighted by Crippen LogP contribution is 2.25. The van der Waals surface area contributed by atoms with Gasteiger partial charge in [0.05, 0.1) is 11.7 Å². The number of H-pyrrole nitrogens is 1. The molecule has 0 spiro atoms. The molecule has 1 aromatic carbocycles. The highest BCUT2D eigenvalue weighted by Gasteiger charge is 2.27. The van der Waals surface area contributed by atoms with Crippen LogP contribution in [0.25, 0.3) is 10.9 Å². The Labute approximate surface area is 111 Å². The number of amides is 1. The second-order valence-electron chi connectivity index (χ2n) is 5.18. The zero-order valence-electron chi connectivity index (χ0n) is 10.7. The summed E-state index contributed by atoms with van der Waals surface area (Å²) in [5.41, 5.74) is 7.28. The predicted molar refractivity (Wildman–Crippen MR) is 73.7 cm³/mol. The van der Waals surface area contributed by atoms with Crippen LogP contribution in [0.15, 0.2) is 24.4 Å². The van der Waals surface area contributed by atoms with Crippen molar-refractivity contribution in [1.82, 2.24) is 15.5 Å². The van der Waals surface area contributed by atoms with Crippen molar-refractivity contribution in [3.8, 4) is 0 Å². The zero-order chi connectivity index (χ0) is 13.2. The van der Waals surface area contributed by atoms with E-state index in [0.717, 1.165) is 30.2 Å². The molecule has 0 bridgehead atoms. The van der Waals surface area contributed by atoms with Gasteiger partial charge in [-0.2, -0.15) is 5.10 Å². The summed E-state index contributed by atoms with van der Waals surface area (Å²) >= 11 is 0. The predicted octanol–water partition coefficient (Wildman–Crippen LogP) is 1.42. The van der Waals surface area contributed by atoms with Gasteiger partial charge in [-0.25, -0.2) is 0 Å². The maximum absolute atomic E-state index is 12.2. The van der Waals surface area contributed by atoms with E-state index < -0.39 is 0 Å². The van der Waals surface area contributed by atoms with Gasteiger partial charge in [-0.3, -0.25) is 9.89 Å². The molecule has 5 nitrogen and oxygen atoms in total. The number of aromatic amines is 1. The molecule has 2 unspecified atom stereocenters. The Kier molecular flexibility index (Phi) is 3.21. The summed E-state index contributed by atoms with van der Waals surface area (Å²) < 4.78 is 0. The monoisotopic (exact) mass is 258 g/mol. The Morgan fingerprint density at radius 1 is 1.47 bits per heavy atom. The van der Waals surface area contributed by atoms with Gasteiger partial charge in [-0.1, -0.05) is 12.5 Å². The standard InChI is InChI=1S/C14H18N4O/c15-7-10-2-1-3-12(10)17-14(19)9-4-5-11-8-16-18-13(11)6-9/h4-6,8,10,12H,1-3,7,15H2,(H,16,18)(H,17,19). The fourth-order valence-corrected chi connectivity index (χ4v) is 2.84. The SMILES string of the molecule is NCC1CCCC1NC(=O)c1ccc2cn[nH]c2c1. The second kappa shape index (κ2) is 5.01. The molecule has 0 saturated heterocycles. The Balaban J connectivity index is 1.76. The van der Waals surface area contributed by atoms with Gasteiger partial charge in [0, 0.05) is 17.0 Å². The molecule has 1 aromatic heterocycles. The van der Waals surface area contributed by atoms with E-state index in [1.165, 1.54) is 0 Å². The van der Waals surface area contributed by atoms with Crippen molar-refractivity contribution >= 4 is 16.8 Å². The van der Waals surface area contributed by atoms with Gasteiger partial charge in [-0.15, -0.1) is 0 Å². The third-order valence-corrected chi connectivity index (χ3v) is 3.98. The smallest absolute Gasteiger partial charge is 0.251 e. The fourth-order valence-electron chi connectivity index (χ4n) is 2.84. The van der Waals surface area contributed by atoms with Crippen molar-refractivity contribution in [3.05, 3.63) is 30.0 Å². The van der Waals surface area contributed by atoms with E-state index in [9.17, 15) is 4.79 Å². The minimum absolute atomic E-state index is 0.0261. The van der Waals surface area contributed by atoms with Crippen LogP contribution in [0.4, 0.5) is 0 Å². The van der Waals surface area contributed by atoms with Crippen molar-refractivity contribution < 1.29 is 4.79 Å². The molecule has 100 valence electrons. The average Bonchev–Trinajstić information content (AvgIpc) is 3.05. The Hall–Kier alpha value is -1.88. The Morgan fingerprint density at radius 3 is 3.21 bits per heavy atom. The average molecular weight is 258 g/mol. The molecule has 1 aliphatic carbocycles. The van der Waals surface area contributed by atoms with Crippen molar-refractivity contribution in [1.29, 1.82) is 0 Å². The molecule has 1 saturated carbocycles. The van der Waals surface area contributed by atoms with Gasteiger partial charge >= 0.3 is 0 Å². The summed E-state index contributed by atoms with van der Waals surface area (Å²) in [6, 6.07) is 5.79. The first kappa shape index (κ1) is 12.2. The third kappa shape index (κ3) is 2.33.